The van der Waals surface area contributed by atoms with E-state index in [-0.39, 0.29) is 17.5 Å². The van der Waals surface area contributed by atoms with Gasteiger partial charge in [-0.3, -0.25) is 14.4 Å². The molecule has 0 heterocycles. The summed E-state index contributed by atoms with van der Waals surface area (Å²) >= 11 is 0. The van der Waals surface area contributed by atoms with E-state index in [1.165, 1.54) is 20.8 Å². The number of carbonyl (C=O) groups excluding carboxylic acids is 3. The molecule has 0 aliphatic rings. The third-order valence-electron chi connectivity index (χ3n) is 0.496. The van der Waals surface area contributed by atoms with E-state index in [4.69, 9.17) is 0 Å². The van der Waals surface area contributed by atoms with Crippen LogP contribution in [0.25, 0.3) is 0 Å². The van der Waals surface area contributed by atoms with Gasteiger partial charge in [0.15, 0.2) is 11.6 Å². The van der Waals surface area contributed by atoms with E-state index in [1.54, 1.807) is 0 Å². The van der Waals surface area contributed by atoms with Gasteiger partial charge in [0, 0.05) is 20.8 Å². The molecular formula is C6H11NO3. The van der Waals surface area contributed by atoms with E-state index >= 15 is 0 Å². The number of ketones is 2. The Morgan fingerprint density at radius 3 is 1.00 bits per heavy atom. The molecule has 58 valence electrons. The summed E-state index contributed by atoms with van der Waals surface area (Å²) in [6, 6.07) is 0. The Morgan fingerprint density at radius 2 is 1.00 bits per heavy atom. The lowest BCUT2D eigenvalue weighted by Gasteiger charge is -1.73. The standard InChI is InChI=1S/C4H6O2.C2H5NO/c1-3(5)4(2)6;1-2(3)4/h1-2H3;1H3,(H2,3,4). The molecule has 0 unspecified atom stereocenters. The zero-order valence-electron chi connectivity index (χ0n) is 6.30. The summed E-state index contributed by atoms with van der Waals surface area (Å²) in [5.41, 5.74) is 4.47. The van der Waals surface area contributed by atoms with Gasteiger partial charge < -0.3 is 5.73 Å². The van der Waals surface area contributed by atoms with Crippen LogP contribution in [0.15, 0.2) is 0 Å². The maximum atomic E-state index is 9.79. The first-order chi connectivity index (χ1) is 4.37. The topological polar surface area (TPSA) is 77.2 Å². The van der Waals surface area contributed by atoms with Crippen LogP contribution >= 0.6 is 0 Å². The molecule has 0 saturated heterocycles. The highest BCUT2D eigenvalue weighted by Gasteiger charge is 1.94. The number of hydrogen-bond acceptors (Lipinski definition) is 3. The van der Waals surface area contributed by atoms with Crippen molar-refractivity contribution in [3.8, 4) is 0 Å². The normalized spacial score (nSPS) is 7.10. The van der Waals surface area contributed by atoms with Gasteiger partial charge in [-0.15, -0.1) is 0 Å². The Balaban J connectivity index is 0. The summed E-state index contributed by atoms with van der Waals surface area (Å²) in [5.74, 6) is -1.09. The number of Topliss-reactive ketones (excluding diaryl/α,β-unsaturated/α-hetero) is 2. The highest BCUT2D eigenvalue weighted by molar-refractivity contribution is 6.35. The summed E-state index contributed by atoms with van der Waals surface area (Å²) in [6.45, 7) is 3.81. The first-order valence-electron chi connectivity index (χ1n) is 2.65. The monoisotopic (exact) mass is 145 g/mol. The molecule has 0 rings (SSSR count). The summed E-state index contributed by atoms with van der Waals surface area (Å²) < 4.78 is 0. The van der Waals surface area contributed by atoms with Crippen molar-refractivity contribution in [3.63, 3.8) is 0 Å². The van der Waals surface area contributed by atoms with E-state index in [0.29, 0.717) is 0 Å². The Hall–Kier alpha value is -1.19. The van der Waals surface area contributed by atoms with E-state index < -0.39 is 0 Å². The van der Waals surface area contributed by atoms with E-state index in [1.807, 2.05) is 0 Å². The third-order valence-corrected chi connectivity index (χ3v) is 0.496. The molecule has 0 aromatic heterocycles. The van der Waals surface area contributed by atoms with Gasteiger partial charge in [-0.1, -0.05) is 0 Å². The average Bonchev–Trinajstić information content (AvgIpc) is 1.63. The number of carbonyl (C=O) groups is 3. The number of rotatable bonds is 1. The van der Waals surface area contributed by atoms with Crippen LogP contribution in [0.3, 0.4) is 0 Å². The fraction of sp³-hybridized carbons (Fsp3) is 0.500. The number of hydrogen-bond donors (Lipinski definition) is 1. The van der Waals surface area contributed by atoms with E-state index in [0.717, 1.165) is 0 Å². The van der Waals surface area contributed by atoms with Crippen LogP contribution in [-0.4, -0.2) is 17.5 Å². The molecule has 0 aromatic carbocycles. The van der Waals surface area contributed by atoms with Crippen LogP contribution in [0.4, 0.5) is 0 Å². The fourth-order valence-electron chi connectivity index (χ4n) is 0. The van der Waals surface area contributed by atoms with Crippen LogP contribution < -0.4 is 5.73 Å². The highest BCUT2D eigenvalue weighted by Crippen LogP contribution is 1.66. The molecular weight excluding hydrogens is 134 g/mol. The Kier molecular flexibility index (Phi) is 6.88. The lowest BCUT2D eigenvalue weighted by Crippen LogP contribution is -2.01. The number of amides is 1. The van der Waals surface area contributed by atoms with Crippen LogP contribution in [-0.2, 0) is 14.4 Å². The van der Waals surface area contributed by atoms with Gasteiger partial charge >= 0.3 is 0 Å². The second-order valence-electron chi connectivity index (χ2n) is 1.72. The lowest BCUT2D eigenvalue weighted by atomic mass is 10.3. The smallest absolute Gasteiger partial charge is 0.214 e. The Morgan fingerprint density at radius 1 is 0.900 bits per heavy atom. The minimum atomic E-state index is -0.380. The molecule has 0 bridgehead atoms. The quantitative estimate of drug-likeness (QED) is 0.512. The number of nitrogens with two attached hydrogens (primary N) is 1. The van der Waals surface area contributed by atoms with Gasteiger partial charge in [-0.2, -0.15) is 0 Å². The highest BCUT2D eigenvalue weighted by atomic mass is 16.2. The van der Waals surface area contributed by atoms with Crippen molar-refractivity contribution in [2.75, 3.05) is 0 Å². The van der Waals surface area contributed by atoms with E-state index in [9.17, 15) is 14.4 Å². The maximum Gasteiger partial charge on any atom is 0.214 e. The first kappa shape index (κ1) is 11.6. The maximum absolute atomic E-state index is 9.79. The molecule has 10 heavy (non-hydrogen) atoms. The summed E-state index contributed by atoms with van der Waals surface area (Å²) in [6.07, 6.45) is 0. The molecule has 1 amide bonds. The number of primary amides is 1. The Bertz CT molecular complexity index is 135. The molecule has 4 heteroatoms. The molecule has 4 nitrogen and oxygen atoms in total. The molecule has 0 aliphatic carbocycles. The van der Waals surface area contributed by atoms with Gasteiger partial charge in [0.05, 0.1) is 0 Å². The summed E-state index contributed by atoms with van der Waals surface area (Å²) in [7, 11) is 0. The van der Waals surface area contributed by atoms with E-state index in [2.05, 4.69) is 5.73 Å². The molecule has 0 saturated carbocycles. The zero-order valence-corrected chi connectivity index (χ0v) is 6.30. The van der Waals surface area contributed by atoms with Crippen molar-refractivity contribution in [3.05, 3.63) is 0 Å². The van der Waals surface area contributed by atoms with Crippen molar-refractivity contribution < 1.29 is 14.4 Å². The SMILES string of the molecule is CC(=O)C(C)=O.CC(N)=O. The van der Waals surface area contributed by atoms with Crippen molar-refractivity contribution in [2.45, 2.75) is 20.8 Å². The van der Waals surface area contributed by atoms with Gasteiger partial charge in [0.25, 0.3) is 0 Å². The second-order valence-corrected chi connectivity index (χ2v) is 1.72. The predicted molar refractivity (Wildman–Crippen MR) is 36.2 cm³/mol. The van der Waals surface area contributed by atoms with Crippen molar-refractivity contribution >= 4 is 17.5 Å². The van der Waals surface area contributed by atoms with Gasteiger partial charge in [-0.05, 0) is 0 Å². The minimum Gasteiger partial charge on any atom is -0.370 e. The summed E-state index contributed by atoms with van der Waals surface area (Å²) in [5, 5.41) is 0. The molecule has 0 aliphatic heterocycles. The van der Waals surface area contributed by atoms with Crippen LogP contribution in [0.2, 0.25) is 0 Å². The largest absolute Gasteiger partial charge is 0.370 e. The fourth-order valence-corrected chi connectivity index (χ4v) is 0. The Labute approximate surface area is 59.4 Å². The average molecular weight is 145 g/mol. The van der Waals surface area contributed by atoms with Crippen molar-refractivity contribution in [1.82, 2.24) is 0 Å². The first-order valence-corrected chi connectivity index (χ1v) is 2.65. The zero-order chi connectivity index (χ0) is 8.73. The van der Waals surface area contributed by atoms with Crippen LogP contribution in [0.5, 0.6) is 0 Å². The third kappa shape index (κ3) is 29.1. The molecule has 0 radical (unpaired) electrons. The lowest BCUT2D eigenvalue weighted by molar-refractivity contribution is -0.134. The predicted octanol–water partition coefficient (Wildman–Crippen LogP) is -0.344. The minimum absolute atomic E-state index is 0.333. The second kappa shape index (κ2) is 5.94. The molecule has 0 atom stereocenters. The van der Waals surface area contributed by atoms with Crippen molar-refractivity contribution in [1.29, 1.82) is 0 Å². The van der Waals surface area contributed by atoms with Crippen LogP contribution in [0, 0.1) is 0 Å². The van der Waals surface area contributed by atoms with Gasteiger partial charge in [0.2, 0.25) is 5.91 Å². The molecule has 0 fully saturated rings. The van der Waals surface area contributed by atoms with Crippen molar-refractivity contribution in [2.24, 2.45) is 5.73 Å². The van der Waals surface area contributed by atoms with Gasteiger partial charge in [-0.25, -0.2) is 0 Å². The molecule has 0 aromatic rings. The van der Waals surface area contributed by atoms with Crippen LogP contribution in [0.1, 0.15) is 20.8 Å². The van der Waals surface area contributed by atoms with Gasteiger partial charge in [0.1, 0.15) is 0 Å². The summed E-state index contributed by atoms with van der Waals surface area (Å²) in [4.78, 5) is 28.8. The molecule has 2 N–H and O–H groups in total. The molecule has 0 spiro atoms.